The van der Waals surface area contributed by atoms with E-state index in [0.717, 1.165) is 131 Å². The third-order valence-corrected chi connectivity index (χ3v) is 20.2. The zero-order valence-corrected chi connectivity index (χ0v) is 39.7. The molecule has 364 valence electrons. The molecule has 16 atom stereocenters. The van der Waals surface area contributed by atoms with Gasteiger partial charge in [-0.15, -0.1) is 0 Å². The molecule has 0 heterocycles. The molecular weight excluding hydrogens is 803 g/mol. The minimum absolute atomic E-state index is 0. The molecule has 0 radical (unpaired) electrons. The van der Waals surface area contributed by atoms with E-state index >= 15 is 0 Å². The number of hydrogen-bond acceptors (Lipinski definition) is 5. The van der Waals surface area contributed by atoms with Gasteiger partial charge in [-0.3, -0.25) is 9.59 Å². The summed E-state index contributed by atoms with van der Waals surface area (Å²) in [5.41, 5.74) is 7.45. The molecule has 0 saturated heterocycles. The summed E-state index contributed by atoms with van der Waals surface area (Å²) < 4.78 is 0. The van der Waals surface area contributed by atoms with Crippen LogP contribution in [0.4, 0.5) is 0 Å². The van der Waals surface area contributed by atoms with Gasteiger partial charge in [0.1, 0.15) is 5.78 Å². The highest BCUT2D eigenvalue weighted by Crippen LogP contribution is 2.66. The molecule has 0 aromatic heterocycles. The lowest BCUT2D eigenvalue weighted by atomic mass is 9.49. The Kier molecular flexibility index (Phi) is 17.1. The van der Waals surface area contributed by atoms with Crippen molar-refractivity contribution in [1.82, 2.24) is 0 Å². The summed E-state index contributed by atoms with van der Waals surface area (Å²) in [5.74, 6) is 7.92. The molecule has 0 amide bonds. The van der Waals surface area contributed by atoms with Crippen LogP contribution in [0.15, 0.2) is 60.7 Å². The molecule has 5 N–H and O–H groups in total. The summed E-state index contributed by atoms with van der Waals surface area (Å²) in [4.78, 5) is 25.0. The summed E-state index contributed by atoms with van der Waals surface area (Å²) >= 11 is 0. The normalized spacial score (nSPS) is 42.1. The number of hydrogen-bond donors (Lipinski definition) is 4. The van der Waals surface area contributed by atoms with Crippen molar-refractivity contribution in [2.45, 2.75) is 195 Å². The van der Waals surface area contributed by atoms with Crippen LogP contribution in [0.3, 0.4) is 0 Å². The van der Waals surface area contributed by atoms with Gasteiger partial charge in [-0.05, 0) is 236 Å². The Balaban J connectivity index is 0.000000181. The average Bonchev–Trinajstić information content (AvgIpc) is 3.81. The van der Waals surface area contributed by atoms with E-state index in [2.05, 4.69) is 63.2 Å². The third-order valence-electron chi connectivity index (χ3n) is 20.2. The topological polar surface area (TPSA) is 121 Å². The molecule has 8 fully saturated rings. The Morgan fingerprint density at radius 2 is 0.969 bits per heavy atom. The van der Waals surface area contributed by atoms with Gasteiger partial charge in [0.2, 0.25) is 0 Å². The number of carboxylic acid groups (broad SMARTS) is 1. The predicted molar refractivity (Wildman–Crippen MR) is 267 cm³/mol. The van der Waals surface area contributed by atoms with E-state index in [9.17, 15) is 24.9 Å². The van der Waals surface area contributed by atoms with Crippen LogP contribution in [0.1, 0.15) is 182 Å². The number of aryl methyl sites for hydroxylation is 1. The first-order valence-corrected chi connectivity index (χ1v) is 26.1. The molecule has 0 unspecified atom stereocenters. The number of carbonyl (C=O) groups excluding carboxylic acids is 1. The smallest absolute Gasteiger partial charge is 0.307 e. The van der Waals surface area contributed by atoms with Crippen LogP contribution in [0.5, 0.6) is 0 Å². The minimum Gasteiger partial charge on any atom is -0.481 e. The Morgan fingerprint density at radius 1 is 0.538 bits per heavy atom. The van der Waals surface area contributed by atoms with Crippen LogP contribution < -0.4 is 5.73 Å². The summed E-state index contributed by atoms with van der Waals surface area (Å²) in [6.07, 6.45) is 24.7. The number of carboxylic acids is 1. The van der Waals surface area contributed by atoms with E-state index in [4.69, 9.17) is 5.73 Å². The van der Waals surface area contributed by atoms with Gasteiger partial charge in [-0.25, -0.2) is 0 Å². The SMILES string of the molecule is C.C.C[C@@]1(O)CC[C@H]2[C@H](CC[C@@H]3[C@@H]2CC[C@]2(C)[C@@H](C(=O)CCCc4ccccc4)CC[C@@H]32)C1.C[C@@]1(O)CC[C@H]2[C@H](CC[C@@H]3[C@@H]2CC[C@]2(C)[C@@H](C(=O)O)CC[C@@H]32)C1.NCCc1ccccc1. The van der Waals surface area contributed by atoms with Crippen LogP contribution in [0, 0.1) is 81.8 Å². The van der Waals surface area contributed by atoms with Gasteiger partial charge in [-0.2, -0.15) is 0 Å². The highest BCUT2D eigenvalue weighted by Gasteiger charge is 2.60. The van der Waals surface area contributed by atoms with Gasteiger partial charge in [0.05, 0.1) is 17.1 Å². The first kappa shape index (κ1) is 51.8. The standard InChI is InChI=1S/C29H42O2.C20H32O3.C8H11N.2CH4/c1-28(31)17-15-22-21(19-28)11-12-24-23(22)16-18-29(2)25(24)13-14-26(29)27(30)10-6-9-20-7-4-3-5-8-20;1-19(23)9-7-13-12(11-19)3-4-15-14(13)8-10-20(2)16(15)5-6-17(20)18(21)22;9-7-6-8-4-2-1-3-5-8;;/h3-5,7-8,21-26,31H,6,9-19H2,1-2H3;12-17,23H,3-11H2,1-2H3,(H,21,22);1-5H,6-7,9H2;2*1H4/t21-,22+,23-,24-,25+,26-,28-,29+;12-,13+,14-,15-,16+,17-,19-,20+;;;/m11.../s1. The van der Waals surface area contributed by atoms with Crippen LogP contribution in [0.25, 0.3) is 0 Å². The van der Waals surface area contributed by atoms with Crippen molar-refractivity contribution in [3.05, 3.63) is 71.8 Å². The second-order valence-electron chi connectivity index (χ2n) is 23.9. The Labute approximate surface area is 396 Å². The second-order valence-corrected chi connectivity index (χ2v) is 23.9. The predicted octanol–water partition coefficient (Wildman–Crippen LogP) is 13.1. The summed E-state index contributed by atoms with van der Waals surface area (Å²) in [6.45, 7) is 9.57. The Hall–Kier alpha value is -2.54. The van der Waals surface area contributed by atoms with Crippen molar-refractivity contribution in [3.8, 4) is 0 Å². The molecule has 6 nitrogen and oxygen atoms in total. The summed E-state index contributed by atoms with van der Waals surface area (Å²) in [7, 11) is 0. The van der Waals surface area contributed by atoms with Gasteiger partial charge in [0, 0.05) is 12.3 Å². The highest BCUT2D eigenvalue weighted by molar-refractivity contribution is 5.82. The number of aliphatic hydroxyl groups is 2. The molecule has 0 spiro atoms. The second kappa shape index (κ2) is 21.4. The molecule has 2 aromatic rings. The molecule has 0 bridgehead atoms. The first-order valence-electron chi connectivity index (χ1n) is 26.1. The molecule has 0 aliphatic heterocycles. The van der Waals surface area contributed by atoms with Crippen molar-refractivity contribution in [2.24, 2.45) is 87.6 Å². The quantitative estimate of drug-likeness (QED) is 0.209. The lowest BCUT2D eigenvalue weighted by molar-refractivity contribution is -0.150. The molecule has 10 rings (SSSR count). The third kappa shape index (κ3) is 11.0. The minimum atomic E-state index is -0.559. The van der Waals surface area contributed by atoms with E-state index in [0.29, 0.717) is 23.5 Å². The van der Waals surface area contributed by atoms with E-state index < -0.39 is 17.2 Å². The zero-order chi connectivity index (χ0) is 44.6. The summed E-state index contributed by atoms with van der Waals surface area (Å²) in [6, 6.07) is 20.9. The van der Waals surface area contributed by atoms with Gasteiger partial charge in [-0.1, -0.05) is 89.4 Å². The molecule has 65 heavy (non-hydrogen) atoms. The fourth-order valence-electron chi connectivity index (χ4n) is 17.2. The maximum Gasteiger partial charge on any atom is 0.307 e. The lowest BCUT2D eigenvalue weighted by Gasteiger charge is -2.56. The molecule has 8 saturated carbocycles. The molecular formula is C59H93NO5. The van der Waals surface area contributed by atoms with Crippen molar-refractivity contribution in [3.63, 3.8) is 0 Å². The van der Waals surface area contributed by atoms with Crippen molar-refractivity contribution < 1.29 is 24.9 Å². The van der Waals surface area contributed by atoms with Crippen LogP contribution >= 0.6 is 0 Å². The summed E-state index contributed by atoms with van der Waals surface area (Å²) in [5, 5.41) is 30.7. The van der Waals surface area contributed by atoms with E-state index in [-0.39, 0.29) is 31.6 Å². The van der Waals surface area contributed by atoms with Crippen molar-refractivity contribution >= 4 is 11.8 Å². The lowest BCUT2D eigenvalue weighted by Crippen LogP contribution is -2.51. The molecule has 2 aromatic carbocycles. The zero-order valence-electron chi connectivity index (χ0n) is 39.7. The molecule has 8 aliphatic carbocycles. The number of rotatable bonds is 8. The van der Waals surface area contributed by atoms with E-state index in [1.165, 1.54) is 75.3 Å². The number of fused-ring (bicyclic) bond motifs is 10. The number of benzene rings is 2. The number of ketones is 1. The molecule has 8 aliphatic rings. The number of carbonyl (C=O) groups is 2. The fourth-order valence-corrected chi connectivity index (χ4v) is 17.2. The van der Waals surface area contributed by atoms with E-state index in [1.807, 2.05) is 25.1 Å². The van der Waals surface area contributed by atoms with Gasteiger partial charge >= 0.3 is 5.97 Å². The monoisotopic (exact) mass is 896 g/mol. The maximum atomic E-state index is 13.3. The maximum absolute atomic E-state index is 13.3. The van der Waals surface area contributed by atoms with Crippen LogP contribution in [-0.4, -0.2) is 44.8 Å². The van der Waals surface area contributed by atoms with Crippen molar-refractivity contribution in [2.75, 3.05) is 6.54 Å². The first-order chi connectivity index (χ1) is 30.1. The Bertz CT molecular complexity index is 1830. The number of Topliss-reactive ketones (excluding diaryl/α,β-unsaturated/α-hetero) is 1. The highest BCUT2D eigenvalue weighted by atomic mass is 16.4. The van der Waals surface area contributed by atoms with Crippen LogP contribution in [0.2, 0.25) is 0 Å². The van der Waals surface area contributed by atoms with Crippen molar-refractivity contribution in [1.29, 1.82) is 0 Å². The average molecular weight is 896 g/mol. The van der Waals surface area contributed by atoms with Crippen LogP contribution in [-0.2, 0) is 22.4 Å². The fraction of sp³-hybridized carbons (Fsp3) is 0.763. The van der Waals surface area contributed by atoms with E-state index in [1.54, 1.807) is 0 Å². The van der Waals surface area contributed by atoms with Gasteiger partial charge < -0.3 is 21.1 Å². The van der Waals surface area contributed by atoms with Gasteiger partial charge in [0.25, 0.3) is 0 Å². The number of nitrogens with two attached hydrogens (primary N) is 1. The molecule has 6 heteroatoms. The van der Waals surface area contributed by atoms with Gasteiger partial charge in [0.15, 0.2) is 0 Å². The Morgan fingerprint density at radius 3 is 1.43 bits per heavy atom. The number of aliphatic carboxylic acids is 1. The largest absolute Gasteiger partial charge is 0.481 e.